The molecule has 1 aromatic carbocycles. The van der Waals surface area contributed by atoms with Gasteiger partial charge in [-0.05, 0) is 50.1 Å². The number of likely N-dealkylation sites (tertiary alicyclic amines) is 1. The van der Waals surface area contributed by atoms with E-state index in [4.69, 9.17) is 4.74 Å². The van der Waals surface area contributed by atoms with Crippen LogP contribution < -0.4 is 10.1 Å². The summed E-state index contributed by atoms with van der Waals surface area (Å²) < 4.78 is 5.85. The van der Waals surface area contributed by atoms with Crippen molar-refractivity contribution in [3.8, 4) is 5.88 Å². The highest BCUT2D eigenvalue weighted by Gasteiger charge is 2.24. The first-order chi connectivity index (χ1) is 12.0. The van der Waals surface area contributed by atoms with Crippen LogP contribution in [0.15, 0.2) is 30.3 Å². The first kappa shape index (κ1) is 17.2. The number of piperidine rings is 1. The van der Waals surface area contributed by atoms with E-state index < -0.39 is 0 Å². The van der Waals surface area contributed by atoms with E-state index in [1.54, 1.807) is 0 Å². The predicted octanol–water partition coefficient (Wildman–Crippen LogP) is 3.48. The van der Waals surface area contributed by atoms with E-state index in [1.165, 1.54) is 11.1 Å². The zero-order valence-electron chi connectivity index (χ0n) is 15.0. The van der Waals surface area contributed by atoms with Crippen LogP contribution in [-0.2, 0) is 0 Å². The Labute approximate surface area is 148 Å². The number of carbonyl (C=O) groups is 1. The zero-order chi connectivity index (χ0) is 17.8. The normalized spacial score (nSPS) is 15.1. The van der Waals surface area contributed by atoms with Crippen LogP contribution in [0.4, 0.5) is 10.5 Å². The second-order valence-corrected chi connectivity index (χ2v) is 6.55. The molecule has 1 N–H and O–H groups in total. The van der Waals surface area contributed by atoms with Gasteiger partial charge in [0.25, 0.3) is 0 Å². The molecule has 0 atom stereocenters. The van der Waals surface area contributed by atoms with Gasteiger partial charge in [-0.2, -0.15) is 5.10 Å². The summed E-state index contributed by atoms with van der Waals surface area (Å²) in [6.45, 7) is 7.33. The quantitative estimate of drug-likeness (QED) is 0.929. The molecule has 1 aliphatic rings. The summed E-state index contributed by atoms with van der Waals surface area (Å²) in [4.78, 5) is 14.2. The molecule has 25 heavy (non-hydrogen) atoms. The van der Waals surface area contributed by atoms with E-state index in [2.05, 4.69) is 22.4 Å². The van der Waals surface area contributed by atoms with Gasteiger partial charge in [-0.15, -0.1) is 5.10 Å². The molecule has 132 valence electrons. The summed E-state index contributed by atoms with van der Waals surface area (Å²) in [6.07, 6.45) is 1.65. The number of nitrogens with one attached hydrogen (secondary N) is 1. The van der Waals surface area contributed by atoms with Gasteiger partial charge in [-0.1, -0.05) is 6.07 Å². The minimum atomic E-state index is -0.0585. The lowest BCUT2D eigenvalue weighted by Gasteiger charge is -2.31. The average molecular weight is 340 g/mol. The van der Waals surface area contributed by atoms with Crippen molar-refractivity contribution in [1.82, 2.24) is 15.1 Å². The number of hydrogen-bond donors (Lipinski definition) is 1. The summed E-state index contributed by atoms with van der Waals surface area (Å²) in [5.41, 5.74) is 4.09. The Balaban J connectivity index is 1.50. The largest absolute Gasteiger partial charge is 0.473 e. The number of rotatable bonds is 3. The molecule has 0 bridgehead atoms. The molecule has 0 unspecified atom stereocenters. The molecule has 2 aromatic rings. The average Bonchev–Trinajstić information content (AvgIpc) is 2.61. The van der Waals surface area contributed by atoms with E-state index >= 15 is 0 Å². The van der Waals surface area contributed by atoms with Gasteiger partial charge in [0.15, 0.2) is 0 Å². The van der Waals surface area contributed by atoms with Crippen LogP contribution in [0.5, 0.6) is 5.88 Å². The second-order valence-electron chi connectivity index (χ2n) is 6.55. The number of ether oxygens (including phenoxy) is 1. The Morgan fingerprint density at radius 2 is 1.84 bits per heavy atom. The first-order valence-electron chi connectivity index (χ1n) is 8.61. The minimum absolute atomic E-state index is 0.0585. The highest BCUT2D eigenvalue weighted by atomic mass is 16.5. The van der Waals surface area contributed by atoms with E-state index in [9.17, 15) is 4.79 Å². The monoisotopic (exact) mass is 340 g/mol. The topological polar surface area (TPSA) is 67.3 Å². The molecular formula is C19H24N4O2. The van der Waals surface area contributed by atoms with Crippen molar-refractivity contribution in [2.45, 2.75) is 39.7 Å². The third-order valence-electron chi connectivity index (χ3n) is 4.55. The van der Waals surface area contributed by atoms with Gasteiger partial charge in [0.2, 0.25) is 5.88 Å². The van der Waals surface area contributed by atoms with Crippen LogP contribution in [0.1, 0.15) is 29.7 Å². The van der Waals surface area contributed by atoms with E-state index in [1.807, 2.05) is 49.1 Å². The third kappa shape index (κ3) is 4.47. The molecule has 6 nitrogen and oxygen atoms in total. The van der Waals surface area contributed by atoms with E-state index in [0.717, 1.165) is 24.2 Å². The Bertz CT molecular complexity index is 738. The van der Waals surface area contributed by atoms with Crippen molar-refractivity contribution < 1.29 is 9.53 Å². The summed E-state index contributed by atoms with van der Waals surface area (Å²) in [5, 5.41) is 11.0. The van der Waals surface area contributed by atoms with Crippen LogP contribution in [0.3, 0.4) is 0 Å². The molecule has 0 saturated carbocycles. The molecule has 1 fully saturated rings. The zero-order valence-corrected chi connectivity index (χ0v) is 15.0. The molecular weight excluding hydrogens is 316 g/mol. The van der Waals surface area contributed by atoms with Gasteiger partial charge in [0, 0.05) is 37.7 Å². The number of nitrogens with zero attached hydrogens (tertiary/aromatic N) is 3. The molecule has 1 saturated heterocycles. The van der Waals surface area contributed by atoms with Gasteiger partial charge >= 0.3 is 6.03 Å². The number of carbonyl (C=O) groups excluding carboxylic acids is 1. The SMILES string of the molecule is Cc1ccc(OC2CCN(C(=O)Nc3ccc(C)c(C)c3)CC2)nn1. The van der Waals surface area contributed by atoms with Gasteiger partial charge < -0.3 is 15.0 Å². The third-order valence-corrected chi connectivity index (χ3v) is 4.55. The molecule has 1 aromatic heterocycles. The summed E-state index contributed by atoms with van der Waals surface area (Å²) in [6, 6.07) is 9.62. The first-order valence-corrected chi connectivity index (χ1v) is 8.61. The fourth-order valence-electron chi connectivity index (χ4n) is 2.82. The second kappa shape index (κ2) is 7.51. The van der Waals surface area contributed by atoms with Crippen molar-refractivity contribution in [2.75, 3.05) is 18.4 Å². The molecule has 0 spiro atoms. The Kier molecular flexibility index (Phi) is 5.16. The maximum Gasteiger partial charge on any atom is 0.321 e. The van der Waals surface area contributed by atoms with Gasteiger partial charge in [0.05, 0.1) is 5.69 Å². The summed E-state index contributed by atoms with van der Waals surface area (Å²) in [7, 11) is 0. The predicted molar refractivity (Wildman–Crippen MR) is 96.9 cm³/mol. The van der Waals surface area contributed by atoms with Crippen LogP contribution >= 0.6 is 0 Å². The van der Waals surface area contributed by atoms with Crippen LogP contribution in [0, 0.1) is 20.8 Å². The molecule has 1 aliphatic heterocycles. The van der Waals surface area contributed by atoms with Crippen LogP contribution in [0.25, 0.3) is 0 Å². The Morgan fingerprint density at radius 1 is 1.08 bits per heavy atom. The molecule has 2 amide bonds. The maximum absolute atomic E-state index is 12.4. The number of anilines is 1. The van der Waals surface area contributed by atoms with Crippen molar-refractivity contribution in [1.29, 1.82) is 0 Å². The highest BCUT2D eigenvalue weighted by Crippen LogP contribution is 2.19. The molecule has 0 radical (unpaired) electrons. The molecule has 3 rings (SSSR count). The van der Waals surface area contributed by atoms with Crippen molar-refractivity contribution in [3.05, 3.63) is 47.2 Å². The van der Waals surface area contributed by atoms with Crippen molar-refractivity contribution in [3.63, 3.8) is 0 Å². The molecule has 0 aliphatic carbocycles. The Hall–Kier alpha value is -2.63. The number of benzene rings is 1. The maximum atomic E-state index is 12.4. The minimum Gasteiger partial charge on any atom is -0.473 e. The molecule has 6 heteroatoms. The van der Waals surface area contributed by atoms with Crippen LogP contribution in [0.2, 0.25) is 0 Å². The number of urea groups is 1. The fraction of sp³-hybridized carbons (Fsp3) is 0.421. The smallest absolute Gasteiger partial charge is 0.321 e. The lowest BCUT2D eigenvalue weighted by Crippen LogP contribution is -2.43. The van der Waals surface area contributed by atoms with E-state index in [-0.39, 0.29) is 12.1 Å². The van der Waals surface area contributed by atoms with Gasteiger partial charge in [-0.25, -0.2) is 4.79 Å². The lowest BCUT2D eigenvalue weighted by atomic mass is 10.1. The number of amides is 2. The van der Waals surface area contributed by atoms with Crippen LogP contribution in [-0.4, -0.2) is 40.3 Å². The van der Waals surface area contributed by atoms with E-state index in [0.29, 0.717) is 19.0 Å². The van der Waals surface area contributed by atoms with Gasteiger partial charge in [0.1, 0.15) is 6.10 Å². The number of aromatic nitrogens is 2. The van der Waals surface area contributed by atoms with Gasteiger partial charge in [-0.3, -0.25) is 0 Å². The molecule has 2 heterocycles. The lowest BCUT2D eigenvalue weighted by molar-refractivity contribution is 0.110. The Morgan fingerprint density at radius 3 is 2.48 bits per heavy atom. The highest BCUT2D eigenvalue weighted by molar-refractivity contribution is 5.89. The standard InChI is InChI=1S/C19H24N4O2/c1-13-4-6-16(12-14(13)2)20-19(24)23-10-8-17(9-11-23)25-18-7-5-15(3)21-22-18/h4-7,12,17H,8-11H2,1-3H3,(H,20,24). The fourth-order valence-corrected chi connectivity index (χ4v) is 2.82. The number of hydrogen-bond acceptors (Lipinski definition) is 4. The van der Waals surface area contributed by atoms with Crippen molar-refractivity contribution >= 4 is 11.7 Å². The number of aryl methyl sites for hydroxylation is 3. The summed E-state index contributed by atoms with van der Waals surface area (Å²) >= 11 is 0. The summed E-state index contributed by atoms with van der Waals surface area (Å²) in [5.74, 6) is 0.545. The van der Waals surface area contributed by atoms with Crippen molar-refractivity contribution in [2.24, 2.45) is 0 Å².